The molecule has 1 aromatic rings. The SMILES string of the molecule is CCCN1CCc2cccc3c2C1CCC3=O. The van der Waals surface area contributed by atoms with E-state index in [0.29, 0.717) is 11.8 Å². The van der Waals surface area contributed by atoms with E-state index in [1.807, 2.05) is 12.1 Å². The van der Waals surface area contributed by atoms with Crippen molar-refractivity contribution in [3.8, 4) is 0 Å². The minimum Gasteiger partial charge on any atom is -0.296 e. The molecule has 0 radical (unpaired) electrons. The van der Waals surface area contributed by atoms with Crippen LogP contribution in [0.2, 0.25) is 0 Å². The summed E-state index contributed by atoms with van der Waals surface area (Å²) in [5, 5.41) is 0. The largest absolute Gasteiger partial charge is 0.296 e. The van der Waals surface area contributed by atoms with Crippen molar-refractivity contribution in [3.05, 3.63) is 34.9 Å². The molecule has 1 aliphatic heterocycles. The number of carbonyl (C=O) groups excluding carboxylic acids is 1. The van der Waals surface area contributed by atoms with Crippen molar-refractivity contribution in [2.24, 2.45) is 0 Å². The quantitative estimate of drug-likeness (QED) is 0.777. The van der Waals surface area contributed by atoms with Gasteiger partial charge in [-0.3, -0.25) is 9.69 Å². The van der Waals surface area contributed by atoms with Gasteiger partial charge in [0, 0.05) is 24.6 Å². The molecule has 17 heavy (non-hydrogen) atoms. The third-order valence-corrected chi connectivity index (χ3v) is 4.09. The van der Waals surface area contributed by atoms with Gasteiger partial charge in [0.2, 0.25) is 0 Å². The Hall–Kier alpha value is -1.15. The number of hydrogen-bond donors (Lipinski definition) is 0. The molecule has 1 unspecified atom stereocenters. The maximum Gasteiger partial charge on any atom is 0.163 e. The van der Waals surface area contributed by atoms with E-state index in [0.717, 1.165) is 37.9 Å². The van der Waals surface area contributed by atoms with Gasteiger partial charge in [-0.2, -0.15) is 0 Å². The van der Waals surface area contributed by atoms with Gasteiger partial charge in [-0.15, -0.1) is 0 Å². The maximum absolute atomic E-state index is 12.0. The summed E-state index contributed by atoms with van der Waals surface area (Å²) in [6.07, 6.45) is 4.04. The van der Waals surface area contributed by atoms with Crippen LogP contribution in [-0.4, -0.2) is 23.8 Å². The summed E-state index contributed by atoms with van der Waals surface area (Å²) in [5.74, 6) is 0.344. The molecule has 0 aromatic heterocycles. The van der Waals surface area contributed by atoms with E-state index < -0.39 is 0 Å². The Morgan fingerprint density at radius 2 is 2.24 bits per heavy atom. The highest BCUT2D eigenvalue weighted by molar-refractivity contribution is 5.99. The molecular formula is C15H19NO. The molecule has 1 heterocycles. The molecule has 2 aliphatic rings. The highest BCUT2D eigenvalue weighted by Gasteiger charge is 2.33. The van der Waals surface area contributed by atoms with Crippen molar-refractivity contribution >= 4 is 5.78 Å². The molecule has 0 spiro atoms. The van der Waals surface area contributed by atoms with Gasteiger partial charge >= 0.3 is 0 Å². The Bertz CT molecular complexity index is 452. The highest BCUT2D eigenvalue weighted by atomic mass is 16.1. The zero-order valence-electron chi connectivity index (χ0n) is 10.4. The lowest BCUT2D eigenvalue weighted by Crippen LogP contribution is -2.39. The fraction of sp³-hybridized carbons (Fsp3) is 0.533. The minimum absolute atomic E-state index is 0.344. The molecule has 0 bridgehead atoms. The van der Waals surface area contributed by atoms with Crippen LogP contribution in [0.5, 0.6) is 0 Å². The predicted octanol–water partition coefficient (Wildman–Crippen LogP) is 2.97. The number of nitrogens with zero attached hydrogens (tertiary/aromatic N) is 1. The van der Waals surface area contributed by atoms with Crippen molar-refractivity contribution < 1.29 is 4.79 Å². The summed E-state index contributed by atoms with van der Waals surface area (Å²) in [5.41, 5.74) is 3.76. The molecule has 0 amide bonds. The first-order chi connectivity index (χ1) is 8.31. The lowest BCUT2D eigenvalue weighted by Gasteiger charge is -2.40. The molecule has 0 saturated carbocycles. The van der Waals surface area contributed by atoms with Crippen molar-refractivity contribution in [1.82, 2.24) is 4.90 Å². The molecule has 0 N–H and O–H groups in total. The first-order valence-electron chi connectivity index (χ1n) is 6.70. The number of hydrogen-bond acceptors (Lipinski definition) is 2. The van der Waals surface area contributed by atoms with Crippen molar-refractivity contribution in [2.75, 3.05) is 13.1 Å². The zero-order valence-corrected chi connectivity index (χ0v) is 10.4. The molecule has 90 valence electrons. The summed E-state index contributed by atoms with van der Waals surface area (Å²) in [4.78, 5) is 14.5. The number of rotatable bonds is 2. The van der Waals surface area contributed by atoms with Gasteiger partial charge in [-0.05, 0) is 36.9 Å². The van der Waals surface area contributed by atoms with Crippen LogP contribution in [0.3, 0.4) is 0 Å². The summed E-state index contributed by atoms with van der Waals surface area (Å²) < 4.78 is 0. The monoisotopic (exact) mass is 229 g/mol. The van der Waals surface area contributed by atoms with Gasteiger partial charge < -0.3 is 0 Å². The van der Waals surface area contributed by atoms with Crippen LogP contribution in [0.25, 0.3) is 0 Å². The Morgan fingerprint density at radius 3 is 3.06 bits per heavy atom. The average molecular weight is 229 g/mol. The Kier molecular flexibility index (Phi) is 2.75. The highest BCUT2D eigenvalue weighted by Crippen LogP contribution is 2.39. The van der Waals surface area contributed by atoms with E-state index in [9.17, 15) is 4.79 Å². The fourth-order valence-electron chi connectivity index (χ4n) is 3.35. The van der Waals surface area contributed by atoms with Crippen LogP contribution in [0.1, 0.15) is 53.7 Å². The van der Waals surface area contributed by atoms with Crippen LogP contribution in [0.4, 0.5) is 0 Å². The average Bonchev–Trinajstić information content (AvgIpc) is 2.36. The molecule has 1 aliphatic carbocycles. The van der Waals surface area contributed by atoms with Crippen LogP contribution in [0.15, 0.2) is 18.2 Å². The van der Waals surface area contributed by atoms with E-state index in [1.165, 1.54) is 17.5 Å². The van der Waals surface area contributed by atoms with E-state index in [2.05, 4.69) is 17.9 Å². The van der Waals surface area contributed by atoms with Gasteiger partial charge in [0.05, 0.1) is 0 Å². The molecule has 2 nitrogen and oxygen atoms in total. The first-order valence-corrected chi connectivity index (χ1v) is 6.70. The Labute approximate surface area is 103 Å². The van der Waals surface area contributed by atoms with Crippen molar-refractivity contribution in [2.45, 2.75) is 38.6 Å². The third kappa shape index (κ3) is 1.71. The predicted molar refractivity (Wildman–Crippen MR) is 68.3 cm³/mol. The Morgan fingerprint density at radius 1 is 1.35 bits per heavy atom. The number of benzene rings is 1. The summed E-state index contributed by atoms with van der Waals surface area (Å²) >= 11 is 0. The number of Topliss-reactive ketones (excluding diaryl/α,β-unsaturated/α-hetero) is 1. The number of ketones is 1. The normalized spacial score (nSPS) is 23.6. The molecule has 2 heteroatoms. The van der Waals surface area contributed by atoms with E-state index in [-0.39, 0.29) is 0 Å². The summed E-state index contributed by atoms with van der Waals surface area (Å²) in [6.45, 7) is 4.55. The van der Waals surface area contributed by atoms with Crippen LogP contribution >= 0.6 is 0 Å². The van der Waals surface area contributed by atoms with Crippen LogP contribution in [-0.2, 0) is 6.42 Å². The van der Waals surface area contributed by atoms with Gasteiger partial charge in [0.25, 0.3) is 0 Å². The van der Waals surface area contributed by atoms with E-state index in [1.54, 1.807) is 0 Å². The van der Waals surface area contributed by atoms with Crippen molar-refractivity contribution in [1.29, 1.82) is 0 Å². The van der Waals surface area contributed by atoms with Crippen molar-refractivity contribution in [3.63, 3.8) is 0 Å². The van der Waals surface area contributed by atoms with E-state index >= 15 is 0 Å². The minimum atomic E-state index is 0.344. The topological polar surface area (TPSA) is 20.3 Å². The van der Waals surface area contributed by atoms with Gasteiger partial charge in [0.15, 0.2) is 5.78 Å². The lowest BCUT2D eigenvalue weighted by molar-refractivity contribution is 0.0919. The first kappa shape index (κ1) is 11.0. The second kappa shape index (κ2) is 4.26. The molecular weight excluding hydrogens is 210 g/mol. The van der Waals surface area contributed by atoms with Crippen LogP contribution < -0.4 is 0 Å². The summed E-state index contributed by atoms with van der Waals surface area (Å²) in [7, 11) is 0. The fourth-order valence-corrected chi connectivity index (χ4v) is 3.35. The molecule has 1 atom stereocenters. The van der Waals surface area contributed by atoms with E-state index in [4.69, 9.17) is 0 Å². The van der Waals surface area contributed by atoms with Gasteiger partial charge in [0.1, 0.15) is 0 Å². The molecule has 1 aromatic carbocycles. The zero-order chi connectivity index (χ0) is 11.8. The smallest absolute Gasteiger partial charge is 0.163 e. The molecule has 0 saturated heterocycles. The van der Waals surface area contributed by atoms with Gasteiger partial charge in [-0.1, -0.05) is 25.1 Å². The van der Waals surface area contributed by atoms with Gasteiger partial charge in [-0.25, -0.2) is 0 Å². The third-order valence-electron chi connectivity index (χ3n) is 4.09. The number of carbonyl (C=O) groups is 1. The molecule has 3 rings (SSSR count). The maximum atomic E-state index is 12.0. The molecule has 0 fully saturated rings. The van der Waals surface area contributed by atoms with Crippen LogP contribution in [0, 0.1) is 0 Å². The Balaban J connectivity index is 2.06. The standard InChI is InChI=1S/C15H19NO/c1-2-9-16-10-8-11-4-3-5-12-14(17)7-6-13(16)15(11)12/h3-5,13H,2,6-10H2,1H3. The lowest BCUT2D eigenvalue weighted by atomic mass is 9.80. The second-order valence-corrected chi connectivity index (χ2v) is 5.14. The summed E-state index contributed by atoms with van der Waals surface area (Å²) in [6, 6.07) is 6.77. The second-order valence-electron chi connectivity index (χ2n) is 5.14.